The van der Waals surface area contributed by atoms with Gasteiger partial charge < -0.3 is 25.0 Å². The Morgan fingerprint density at radius 3 is 2.28 bits per heavy atom. The first-order valence-electron chi connectivity index (χ1n) is 11.9. The Kier molecular flexibility index (Phi) is 9.19. The lowest BCUT2D eigenvalue weighted by Crippen LogP contribution is -2.45. The standard InChI is InChI=1S/C26H32F3N3O4/c1-17(2)32-14-12-18(13-15-32)16-30-25(34)23(21-6-4-5-7-22(21)36-26(27,28)29)31-24(33)19-8-10-20(35-3)11-9-19/h4-11,17-18,23H,12-16H2,1-3H3,(H,30,34)(H,31,33). The van der Waals surface area contributed by atoms with Crippen molar-refractivity contribution in [1.29, 1.82) is 0 Å². The van der Waals surface area contributed by atoms with Crippen molar-refractivity contribution in [2.75, 3.05) is 26.7 Å². The van der Waals surface area contributed by atoms with Crippen LogP contribution in [0.2, 0.25) is 0 Å². The first-order valence-corrected chi connectivity index (χ1v) is 11.9. The highest BCUT2D eigenvalue weighted by Crippen LogP contribution is 2.31. The highest BCUT2D eigenvalue weighted by atomic mass is 19.4. The summed E-state index contributed by atoms with van der Waals surface area (Å²) in [5.74, 6) is -1.01. The van der Waals surface area contributed by atoms with Gasteiger partial charge in [-0.3, -0.25) is 9.59 Å². The Morgan fingerprint density at radius 2 is 1.69 bits per heavy atom. The predicted octanol–water partition coefficient (Wildman–Crippen LogP) is 4.30. The molecule has 36 heavy (non-hydrogen) atoms. The van der Waals surface area contributed by atoms with E-state index in [-0.39, 0.29) is 17.0 Å². The Bertz CT molecular complexity index is 1020. The van der Waals surface area contributed by atoms with E-state index in [4.69, 9.17) is 4.74 Å². The summed E-state index contributed by atoms with van der Waals surface area (Å²) < 4.78 is 48.4. The molecule has 1 aliphatic rings. The molecular formula is C26H32F3N3O4. The lowest BCUT2D eigenvalue weighted by Gasteiger charge is -2.34. The molecule has 0 aromatic heterocycles. The SMILES string of the molecule is COc1ccc(C(=O)NC(C(=O)NCC2CCN(C(C)C)CC2)c2ccccc2OC(F)(F)F)cc1. The van der Waals surface area contributed by atoms with E-state index >= 15 is 0 Å². The number of ether oxygens (including phenoxy) is 2. The van der Waals surface area contributed by atoms with Crippen LogP contribution in [0.5, 0.6) is 11.5 Å². The van der Waals surface area contributed by atoms with Gasteiger partial charge in [0.1, 0.15) is 17.5 Å². The summed E-state index contributed by atoms with van der Waals surface area (Å²) in [4.78, 5) is 28.5. The molecule has 1 atom stereocenters. The number of halogens is 3. The van der Waals surface area contributed by atoms with Gasteiger partial charge in [0.2, 0.25) is 5.91 Å². The second-order valence-corrected chi connectivity index (χ2v) is 9.04. The van der Waals surface area contributed by atoms with E-state index in [0.29, 0.717) is 18.3 Å². The summed E-state index contributed by atoms with van der Waals surface area (Å²) >= 11 is 0. The third-order valence-corrected chi connectivity index (χ3v) is 6.29. The zero-order chi connectivity index (χ0) is 26.3. The van der Waals surface area contributed by atoms with Crippen LogP contribution in [0.25, 0.3) is 0 Å². The van der Waals surface area contributed by atoms with Gasteiger partial charge in [-0.15, -0.1) is 13.2 Å². The number of nitrogens with one attached hydrogen (secondary N) is 2. The number of piperidine rings is 1. The smallest absolute Gasteiger partial charge is 0.497 e. The van der Waals surface area contributed by atoms with Crippen molar-refractivity contribution in [2.24, 2.45) is 5.92 Å². The number of alkyl halides is 3. The number of para-hydroxylation sites is 1. The van der Waals surface area contributed by atoms with Crippen LogP contribution >= 0.6 is 0 Å². The van der Waals surface area contributed by atoms with Crippen molar-refractivity contribution in [3.05, 3.63) is 59.7 Å². The first kappa shape index (κ1) is 27.3. The summed E-state index contributed by atoms with van der Waals surface area (Å²) in [6, 6.07) is 10.5. The topological polar surface area (TPSA) is 79.9 Å². The van der Waals surface area contributed by atoms with E-state index in [0.717, 1.165) is 32.0 Å². The molecule has 0 saturated carbocycles. The maximum atomic E-state index is 13.3. The second-order valence-electron chi connectivity index (χ2n) is 9.04. The minimum atomic E-state index is -4.96. The number of methoxy groups -OCH3 is 1. The van der Waals surface area contributed by atoms with Gasteiger partial charge in [-0.1, -0.05) is 18.2 Å². The molecule has 10 heteroatoms. The number of carbonyl (C=O) groups is 2. The minimum absolute atomic E-state index is 0.0937. The van der Waals surface area contributed by atoms with Gasteiger partial charge in [-0.05, 0) is 76.0 Å². The van der Waals surface area contributed by atoms with Crippen LogP contribution < -0.4 is 20.1 Å². The quantitative estimate of drug-likeness (QED) is 0.529. The number of nitrogens with zero attached hydrogens (tertiary/aromatic N) is 1. The molecule has 1 aliphatic heterocycles. The maximum absolute atomic E-state index is 13.3. The Labute approximate surface area is 208 Å². The predicted molar refractivity (Wildman–Crippen MR) is 129 cm³/mol. The van der Waals surface area contributed by atoms with Crippen molar-refractivity contribution in [2.45, 2.75) is 45.1 Å². The molecule has 1 unspecified atom stereocenters. The van der Waals surface area contributed by atoms with E-state index < -0.39 is 30.0 Å². The number of hydrogen-bond acceptors (Lipinski definition) is 5. The highest BCUT2D eigenvalue weighted by molar-refractivity contribution is 5.98. The molecule has 0 bridgehead atoms. The number of likely N-dealkylation sites (tertiary alicyclic amines) is 1. The molecule has 0 spiro atoms. The Hall–Kier alpha value is -3.27. The van der Waals surface area contributed by atoms with Gasteiger partial charge in [0, 0.05) is 23.7 Å². The summed E-state index contributed by atoms with van der Waals surface area (Å²) in [6.07, 6.45) is -3.16. The molecule has 0 aliphatic carbocycles. The van der Waals surface area contributed by atoms with E-state index in [9.17, 15) is 22.8 Å². The molecule has 2 amide bonds. The fraction of sp³-hybridized carbons (Fsp3) is 0.462. The van der Waals surface area contributed by atoms with Gasteiger partial charge in [-0.2, -0.15) is 0 Å². The maximum Gasteiger partial charge on any atom is 0.573 e. The molecule has 7 nitrogen and oxygen atoms in total. The van der Waals surface area contributed by atoms with Crippen LogP contribution in [0.3, 0.4) is 0 Å². The number of rotatable bonds is 9. The minimum Gasteiger partial charge on any atom is -0.497 e. The van der Waals surface area contributed by atoms with Crippen molar-refractivity contribution in [1.82, 2.24) is 15.5 Å². The van der Waals surface area contributed by atoms with Crippen molar-refractivity contribution >= 4 is 11.8 Å². The fourth-order valence-corrected chi connectivity index (χ4v) is 4.20. The van der Waals surface area contributed by atoms with Gasteiger partial charge in [0.15, 0.2) is 0 Å². The average Bonchev–Trinajstić information content (AvgIpc) is 2.85. The number of amides is 2. The zero-order valence-corrected chi connectivity index (χ0v) is 20.6. The molecule has 1 fully saturated rings. The van der Waals surface area contributed by atoms with Crippen molar-refractivity contribution in [3.8, 4) is 11.5 Å². The molecule has 1 saturated heterocycles. The summed E-state index contributed by atoms with van der Waals surface area (Å²) in [7, 11) is 1.49. The van der Waals surface area contributed by atoms with Crippen LogP contribution in [0.4, 0.5) is 13.2 Å². The van der Waals surface area contributed by atoms with E-state index in [1.54, 1.807) is 12.1 Å². The molecule has 2 N–H and O–H groups in total. The molecular weight excluding hydrogens is 475 g/mol. The molecule has 0 radical (unpaired) electrons. The van der Waals surface area contributed by atoms with Gasteiger partial charge in [0.25, 0.3) is 5.91 Å². The van der Waals surface area contributed by atoms with Crippen LogP contribution in [0.1, 0.15) is 48.7 Å². The third-order valence-electron chi connectivity index (χ3n) is 6.29. The molecule has 3 rings (SSSR count). The zero-order valence-electron chi connectivity index (χ0n) is 20.6. The van der Waals surface area contributed by atoms with Gasteiger partial charge in [-0.25, -0.2) is 0 Å². The first-order chi connectivity index (χ1) is 17.1. The summed E-state index contributed by atoms with van der Waals surface area (Å²) in [5, 5.41) is 5.41. The summed E-state index contributed by atoms with van der Waals surface area (Å²) in [6.45, 7) is 6.47. The summed E-state index contributed by atoms with van der Waals surface area (Å²) in [5.41, 5.74) is 0.132. The second kappa shape index (κ2) is 12.1. The lowest BCUT2D eigenvalue weighted by molar-refractivity contribution is -0.275. The Balaban J connectivity index is 1.78. The number of benzene rings is 2. The van der Waals surface area contributed by atoms with E-state index in [1.165, 1.54) is 37.4 Å². The fourth-order valence-electron chi connectivity index (χ4n) is 4.20. The molecule has 1 heterocycles. The molecule has 2 aromatic rings. The van der Waals surface area contributed by atoms with Crippen LogP contribution in [0, 0.1) is 5.92 Å². The van der Waals surface area contributed by atoms with Crippen molar-refractivity contribution in [3.63, 3.8) is 0 Å². The monoisotopic (exact) mass is 507 g/mol. The van der Waals surface area contributed by atoms with Gasteiger partial charge >= 0.3 is 6.36 Å². The van der Waals surface area contributed by atoms with E-state index in [1.807, 2.05) is 0 Å². The average molecular weight is 508 g/mol. The number of hydrogen-bond donors (Lipinski definition) is 2. The van der Waals surface area contributed by atoms with Crippen LogP contribution in [-0.2, 0) is 4.79 Å². The lowest BCUT2D eigenvalue weighted by atomic mass is 9.95. The third kappa shape index (κ3) is 7.61. The Morgan fingerprint density at radius 1 is 1.06 bits per heavy atom. The van der Waals surface area contributed by atoms with E-state index in [2.05, 4.69) is 34.1 Å². The highest BCUT2D eigenvalue weighted by Gasteiger charge is 2.35. The molecule has 2 aromatic carbocycles. The normalized spacial score (nSPS) is 15.9. The van der Waals surface area contributed by atoms with Crippen LogP contribution in [0.15, 0.2) is 48.5 Å². The van der Waals surface area contributed by atoms with Crippen LogP contribution in [-0.4, -0.2) is 55.9 Å². The molecule has 196 valence electrons. The largest absolute Gasteiger partial charge is 0.573 e. The number of carbonyl (C=O) groups excluding carboxylic acids is 2. The van der Waals surface area contributed by atoms with Gasteiger partial charge in [0.05, 0.1) is 7.11 Å². The van der Waals surface area contributed by atoms with Crippen molar-refractivity contribution < 1.29 is 32.2 Å².